The van der Waals surface area contributed by atoms with Crippen LogP contribution >= 0.6 is 0 Å². The third kappa shape index (κ3) is 4.49. The minimum atomic E-state index is -3.58. The summed E-state index contributed by atoms with van der Waals surface area (Å²) in [7, 11) is -3.58. The molecule has 0 aliphatic rings. The lowest BCUT2D eigenvalue weighted by Crippen LogP contribution is -2.17. The number of rotatable bonds is 4. The summed E-state index contributed by atoms with van der Waals surface area (Å²) in [6.07, 6.45) is 0. The number of carboxylic acid groups (broad SMARTS) is 1. The van der Waals surface area contributed by atoms with Gasteiger partial charge in [-0.25, -0.2) is 8.42 Å². The third-order valence-electron chi connectivity index (χ3n) is 2.55. The van der Waals surface area contributed by atoms with E-state index in [4.69, 9.17) is 5.11 Å². The highest BCUT2D eigenvalue weighted by Crippen LogP contribution is 2.22. The zero-order valence-electron chi connectivity index (χ0n) is 10.8. The van der Waals surface area contributed by atoms with E-state index in [9.17, 15) is 13.2 Å². The molecule has 100 valence electrons. The molecule has 0 atom stereocenters. The SMILES string of the molecule is CC(C)(C)c1ccc(CS(=O)(=O)CC(=O)O)cc1. The maximum atomic E-state index is 11.5. The largest absolute Gasteiger partial charge is 0.480 e. The van der Waals surface area contributed by atoms with Crippen molar-refractivity contribution < 1.29 is 18.3 Å². The second kappa shape index (κ2) is 5.10. The number of sulfone groups is 1. The normalized spacial score (nSPS) is 12.4. The first-order chi connectivity index (χ1) is 8.10. The molecule has 1 aromatic carbocycles. The Labute approximate surface area is 108 Å². The molecule has 0 saturated carbocycles. The first-order valence-electron chi connectivity index (χ1n) is 5.62. The van der Waals surface area contributed by atoms with Gasteiger partial charge in [0.25, 0.3) is 0 Å². The van der Waals surface area contributed by atoms with Gasteiger partial charge in [-0.3, -0.25) is 4.79 Å². The molecule has 5 heteroatoms. The highest BCUT2D eigenvalue weighted by atomic mass is 32.2. The lowest BCUT2D eigenvalue weighted by atomic mass is 9.87. The number of carbonyl (C=O) groups is 1. The molecule has 0 aliphatic carbocycles. The summed E-state index contributed by atoms with van der Waals surface area (Å²) in [5.41, 5.74) is 1.74. The molecule has 1 rings (SSSR count). The van der Waals surface area contributed by atoms with E-state index in [-0.39, 0.29) is 11.2 Å². The van der Waals surface area contributed by atoms with Crippen molar-refractivity contribution in [2.45, 2.75) is 31.9 Å². The minimum absolute atomic E-state index is 0.0124. The van der Waals surface area contributed by atoms with Crippen LogP contribution in [0, 0.1) is 0 Å². The zero-order valence-corrected chi connectivity index (χ0v) is 11.6. The highest BCUT2D eigenvalue weighted by molar-refractivity contribution is 7.91. The topological polar surface area (TPSA) is 71.4 Å². The Bertz CT molecular complexity index is 521. The van der Waals surface area contributed by atoms with E-state index in [1.807, 2.05) is 12.1 Å². The van der Waals surface area contributed by atoms with Gasteiger partial charge in [0, 0.05) is 0 Å². The number of aliphatic carboxylic acids is 1. The Balaban J connectivity index is 2.85. The molecule has 1 N–H and O–H groups in total. The molecule has 0 fully saturated rings. The molecular formula is C13H18O4S. The number of carboxylic acids is 1. The molecule has 4 nitrogen and oxygen atoms in total. The molecular weight excluding hydrogens is 252 g/mol. The Morgan fingerprint density at radius 1 is 1.17 bits per heavy atom. The maximum Gasteiger partial charge on any atom is 0.318 e. The van der Waals surface area contributed by atoms with Crippen molar-refractivity contribution in [3.63, 3.8) is 0 Å². The maximum absolute atomic E-state index is 11.5. The molecule has 0 radical (unpaired) electrons. The van der Waals surface area contributed by atoms with Crippen molar-refractivity contribution in [1.29, 1.82) is 0 Å². The second-order valence-corrected chi connectivity index (χ2v) is 7.44. The van der Waals surface area contributed by atoms with Crippen LogP contribution in [-0.2, 0) is 25.8 Å². The average molecular weight is 270 g/mol. The van der Waals surface area contributed by atoms with Crippen LogP contribution in [0.4, 0.5) is 0 Å². The standard InChI is InChI=1S/C13H18O4S/c1-13(2,3)11-6-4-10(5-7-11)8-18(16,17)9-12(14)15/h4-7H,8-9H2,1-3H3,(H,14,15). The minimum Gasteiger partial charge on any atom is -0.480 e. The van der Waals surface area contributed by atoms with Crippen LogP contribution in [0.3, 0.4) is 0 Å². The summed E-state index contributed by atoms with van der Waals surface area (Å²) in [6, 6.07) is 7.23. The lowest BCUT2D eigenvalue weighted by molar-refractivity contribution is -0.134. The van der Waals surface area contributed by atoms with E-state index in [1.165, 1.54) is 0 Å². The summed E-state index contributed by atoms with van der Waals surface area (Å²) < 4.78 is 23.0. The molecule has 0 bridgehead atoms. The van der Waals surface area contributed by atoms with E-state index >= 15 is 0 Å². The van der Waals surface area contributed by atoms with Crippen molar-refractivity contribution in [3.05, 3.63) is 35.4 Å². The molecule has 0 aromatic heterocycles. The Hall–Kier alpha value is -1.36. The smallest absolute Gasteiger partial charge is 0.318 e. The van der Waals surface area contributed by atoms with Crippen molar-refractivity contribution in [2.24, 2.45) is 0 Å². The average Bonchev–Trinajstić information content (AvgIpc) is 2.13. The van der Waals surface area contributed by atoms with Gasteiger partial charge >= 0.3 is 5.97 Å². The van der Waals surface area contributed by atoms with Crippen molar-refractivity contribution >= 4 is 15.8 Å². The van der Waals surface area contributed by atoms with Crippen molar-refractivity contribution in [2.75, 3.05) is 5.75 Å². The first-order valence-corrected chi connectivity index (χ1v) is 7.44. The van der Waals surface area contributed by atoms with E-state index < -0.39 is 21.6 Å². The van der Waals surface area contributed by atoms with Crippen LogP contribution in [0.15, 0.2) is 24.3 Å². The van der Waals surface area contributed by atoms with Crippen LogP contribution in [0.25, 0.3) is 0 Å². The lowest BCUT2D eigenvalue weighted by Gasteiger charge is -2.19. The molecule has 0 unspecified atom stereocenters. The van der Waals surface area contributed by atoms with Crippen molar-refractivity contribution in [3.8, 4) is 0 Å². The van der Waals surface area contributed by atoms with Gasteiger partial charge in [-0.1, -0.05) is 45.0 Å². The van der Waals surface area contributed by atoms with E-state index in [2.05, 4.69) is 20.8 Å². The fourth-order valence-corrected chi connectivity index (χ4v) is 2.77. The Morgan fingerprint density at radius 2 is 1.67 bits per heavy atom. The first kappa shape index (κ1) is 14.7. The Morgan fingerprint density at radius 3 is 2.06 bits per heavy atom. The van der Waals surface area contributed by atoms with Gasteiger partial charge in [0.15, 0.2) is 9.84 Å². The van der Waals surface area contributed by atoms with Crippen LogP contribution in [-0.4, -0.2) is 25.2 Å². The summed E-state index contributed by atoms with van der Waals surface area (Å²) in [6.45, 7) is 6.22. The van der Waals surface area contributed by atoms with E-state index in [0.29, 0.717) is 5.56 Å². The quantitative estimate of drug-likeness (QED) is 0.908. The summed E-state index contributed by atoms with van der Waals surface area (Å²) >= 11 is 0. The van der Waals surface area contributed by atoms with Gasteiger partial charge in [0.1, 0.15) is 5.75 Å². The highest BCUT2D eigenvalue weighted by Gasteiger charge is 2.17. The van der Waals surface area contributed by atoms with Gasteiger partial charge in [-0.05, 0) is 16.5 Å². The van der Waals surface area contributed by atoms with Crippen LogP contribution in [0.1, 0.15) is 31.9 Å². The monoisotopic (exact) mass is 270 g/mol. The Kier molecular flexibility index (Phi) is 4.16. The molecule has 0 heterocycles. The van der Waals surface area contributed by atoms with E-state index in [0.717, 1.165) is 5.56 Å². The van der Waals surface area contributed by atoms with Crippen LogP contribution < -0.4 is 0 Å². The third-order valence-corrected chi connectivity index (χ3v) is 4.01. The van der Waals surface area contributed by atoms with Crippen LogP contribution in [0.2, 0.25) is 0 Å². The fraction of sp³-hybridized carbons (Fsp3) is 0.462. The number of hydrogen-bond acceptors (Lipinski definition) is 3. The predicted molar refractivity (Wildman–Crippen MR) is 70.3 cm³/mol. The van der Waals surface area contributed by atoms with Crippen LogP contribution in [0.5, 0.6) is 0 Å². The molecule has 0 amide bonds. The molecule has 0 aliphatic heterocycles. The van der Waals surface area contributed by atoms with Gasteiger partial charge in [-0.15, -0.1) is 0 Å². The number of hydrogen-bond donors (Lipinski definition) is 1. The van der Waals surface area contributed by atoms with Gasteiger partial charge in [0.2, 0.25) is 0 Å². The summed E-state index contributed by atoms with van der Waals surface area (Å²) in [4.78, 5) is 10.4. The van der Waals surface area contributed by atoms with Gasteiger partial charge in [-0.2, -0.15) is 0 Å². The molecule has 0 saturated heterocycles. The van der Waals surface area contributed by atoms with Gasteiger partial charge < -0.3 is 5.11 Å². The van der Waals surface area contributed by atoms with E-state index in [1.54, 1.807) is 12.1 Å². The second-order valence-electron chi connectivity index (χ2n) is 5.37. The summed E-state index contributed by atoms with van der Waals surface area (Å²) in [5, 5.41) is 8.50. The molecule has 1 aromatic rings. The predicted octanol–water partition coefficient (Wildman–Crippen LogP) is 1.98. The molecule has 18 heavy (non-hydrogen) atoms. The zero-order chi connectivity index (χ0) is 14.0. The molecule has 0 spiro atoms. The van der Waals surface area contributed by atoms with Crippen molar-refractivity contribution in [1.82, 2.24) is 0 Å². The fourth-order valence-electron chi connectivity index (χ4n) is 1.59. The summed E-state index contributed by atoms with van der Waals surface area (Å²) in [5.74, 6) is -2.38. The number of benzene rings is 1. The van der Waals surface area contributed by atoms with Gasteiger partial charge in [0.05, 0.1) is 5.75 Å².